The second kappa shape index (κ2) is 6.02. The van der Waals surface area contributed by atoms with Gasteiger partial charge in [-0.3, -0.25) is 4.98 Å². The first-order chi connectivity index (χ1) is 8.85. The molecular formula is C14H16N2O2. The van der Waals surface area contributed by atoms with Gasteiger partial charge < -0.3 is 15.2 Å². The average Bonchev–Trinajstić information content (AvgIpc) is 2.45. The summed E-state index contributed by atoms with van der Waals surface area (Å²) >= 11 is 0. The molecule has 0 fully saturated rings. The van der Waals surface area contributed by atoms with E-state index in [9.17, 15) is 5.11 Å². The smallest absolute Gasteiger partial charge is 0.123 e. The number of nitrogens with zero attached hydrogens (tertiary/aromatic N) is 1. The molecule has 0 aliphatic rings. The van der Waals surface area contributed by atoms with Crippen molar-refractivity contribution in [2.75, 3.05) is 12.4 Å². The molecule has 0 aliphatic heterocycles. The lowest BCUT2D eigenvalue weighted by Gasteiger charge is -2.12. The number of benzene rings is 1. The molecule has 0 atom stereocenters. The Morgan fingerprint density at radius 2 is 2.06 bits per heavy atom. The molecule has 0 bridgehead atoms. The highest BCUT2D eigenvalue weighted by Gasteiger charge is 2.04. The third-order valence-corrected chi connectivity index (χ3v) is 2.74. The summed E-state index contributed by atoms with van der Waals surface area (Å²) in [5.74, 6) is 0.847. The Morgan fingerprint density at radius 1 is 1.22 bits per heavy atom. The molecule has 0 saturated heterocycles. The number of rotatable bonds is 5. The van der Waals surface area contributed by atoms with Crippen molar-refractivity contribution in [3.05, 3.63) is 53.9 Å². The summed E-state index contributed by atoms with van der Waals surface area (Å²) in [6.07, 6.45) is 3.38. The highest BCUT2D eigenvalue weighted by Crippen LogP contribution is 2.20. The second-order valence-electron chi connectivity index (χ2n) is 3.86. The highest BCUT2D eigenvalue weighted by atomic mass is 16.5. The lowest BCUT2D eigenvalue weighted by molar-refractivity contribution is 0.282. The van der Waals surface area contributed by atoms with Crippen LogP contribution in [-0.4, -0.2) is 17.2 Å². The molecule has 0 aliphatic carbocycles. The van der Waals surface area contributed by atoms with Gasteiger partial charge in [-0.1, -0.05) is 18.2 Å². The van der Waals surface area contributed by atoms with Crippen LogP contribution in [0.5, 0.6) is 5.75 Å². The van der Waals surface area contributed by atoms with E-state index in [1.807, 2.05) is 24.3 Å². The first kappa shape index (κ1) is 12.4. The van der Waals surface area contributed by atoms with Crippen molar-refractivity contribution in [1.82, 2.24) is 4.98 Å². The van der Waals surface area contributed by atoms with Gasteiger partial charge in [0.1, 0.15) is 5.75 Å². The van der Waals surface area contributed by atoms with Crippen molar-refractivity contribution in [2.24, 2.45) is 0 Å². The lowest BCUT2D eigenvalue weighted by Crippen LogP contribution is -2.04. The maximum absolute atomic E-state index is 9.22. The maximum atomic E-state index is 9.22. The van der Waals surface area contributed by atoms with Crippen molar-refractivity contribution in [1.29, 1.82) is 0 Å². The molecule has 2 N–H and O–H groups in total. The van der Waals surface area contributed by atoms with Crippen LogP contribution in [0.2, 0.25) is 0 Å². The summed E-state index contributed by atoms with van der Waals surface area (Å²) in [4.78, 5) is 4.04. The number of aliphatic hydroxyl groups is 1. The number of nitrogens with one attached hydrogen (secondary N) is 1. The average molecular weight is 244 g/mol. The molecule has 0 amide bonds. The van der Waals surface area contributed by atoms with Crippen LogP contribution in [0.15, 0.2) is 42.7 Å². The van der Waals surface area contributed by atoms with Crippen molar-refractivity contribution >= 4 is 5.69 Å². The molecule has 2 aromatic rings. The fourth-order valence-electron chi connectivity index (χ4n) is 1.76. The number of hydrogen-bond donors (Lipinski definition) is 2. The van der Waals surface area contributed by atoms with Gasteiger partial charge >= 0.3 is 0 Å². The number of methoxy groups -OCH3 is 1. The molecule has 18 heavy (non-hydrogen) atoms. The predicted octanol–water partition coefficient (Wildman–Crippen LogP) is 2.19. The summed E-state index contributed by atoms with van der Waals surface area (Å²) in [7, 11) is 1.65. The number of ether oxygens (including phenoxy) is 1. The fourth-order valence-corrected chi connectivity index (χ4v) is 1.76. The van der Waals surface area contributed by atoms with Crippen molar-refractivity contribution in [2.45, 2.75) is 13.2 Å². The Bertz CT molecular complexity index is 467. The summed E-state index contributed by atoms with van der Waals surface area (Å²) in [6, 6.07) is 9.62. The first-order valence-electron chi connectivity index (χ1n) is 5.74. The standard InChI is InChI=1S/C14H16N2O2/c1-18-14-5-3-2-4-11(14)8-16-13-9-15-7-6-12(13)10-17/h2-7,9,16-17H,8,10H2,1H3. The SMILES string of the molecule is COc1ccccc1CNc1cnccc1CO. The fraction of sp³-hybridized carbons (Fsp3) is 0.214. The molecule has 2 rings (SSSR count). The van der Waals surface area contributed by atoms with Crippen LogP contribution in [0.4, 0.5) is 5.69 Å². The van der Waals surface area contributed by atoms with Crippen molar-refractivity contribution in [3.8, 4) is 5.75 Å². The Morgan fingerprint density at radius 3 is 2.83 bits per heavy atom. The normalized spacial score (nSPS) is 10.1. The minimum absolute atomic E-state index is 0.00320. The quantitative estimate of drug-likeness (QED) is 0.846. The molecule has 0 spiro atoms. The van der Waals surface area contributed by atoms with Gasteiger partial charge in [0.15, 0.2) is 0 Å². The van der Waals surface area contributed by atoms with Crippen LogP contribution >= 0.6 is 0 Å². The third-order valence-electron chi connectivity index (χ3n) is 2.74. The maximum Gasteiger partial charge on any atom is 0.123 e. The molecule has 1 heterocycles. The van der Waals surface area contributed by atoms with Crippen molar-refractivity contribution in [3.63, 3.8) is 0 Å². The van der Waals surface area contributed by atoms with Crippen LogP contribution in [0.1, 0.15) is 11.1 Å². The molecule has 94 valence electrons. The van der Waals surface area contributed by atoms with E-state index in [0.717, 1.165) is 22.6 Å². The Balaban J connectivity index is 2.11. The molecule has 1 aromatic heterocycles. The molecule has 4 heteroatoms. The Hall–Kier alpha value is -2.07. The number of aromatic nitrogens is 1. The predicted molar refractivity (Wildman–Crippen MR) is 70.5 cm³/mol. The summed E-state index contributed by atoms with van der Waals surface area (Å²) in [5.41, 5.74) is 2.73. The number of aliphatic hydroxyl groups excluding tert-OH is 1. The number of anilines is 1. The van der Waals surface area contributed by atoms with Gasteiger partial charge in [-0.15, -0.1) is 0 Å². The van der Waals surface area contributed by atoms with Crippen LogP contribution in [0.25, 0.3) is 0 Å². The monoisotopic (exact) mass is 244 g/mol. The molecule has 0 saturated carbocycles. The zero-order chi connectivity index (χ0) is 12.8. The Kier molecular flexibility index (Phi) is 4.15. The van der Waals surface area contributed by atoms with Gasteiger partial charge in [-0.05, 0) is 12.1 Å². The molecule has 0 radical (unpaired) electrons. The zero-order valence-corrected chi connectivity index (χ0v) is 10.3. The van der Waals surface area contributed by atoms with Crippen LogP contribution in [0.3, 0.4) is 0 Å². The van der Waals surface area contributed by atoms with Gasteiger partial charge in [-0.2, -0.15) is 0 Å². The van der Waals surface area contributed by atoms with Gasteiger partial charge in [0, 0.05) is 23.9 Å². The van der Waals surface area contributed by atoms with E-state index >= 15 is 0 Å². The largest absolute Gasteiger partial charge is 0.496 e. The van der Waals surface area contributed by atoms with E-state index in [-0.39, 0.29) is 6.61 Å². The van der Waals surface area contributed by atoms with Crippen LogP contribution < -0.4 is 10.1 Å². The van der Waals surface area contributed by atoms with E-state index in [0.29, 0.717) is 6.54 Å². The third kappa shape index (κ3) is 2.78. The van der Waals surface area contributed by atoms with Gasteiger partial charge in [0.25, 0.3) is 0 Å². The minimum Gasteiger partial charge on any atom is -0.496 e. The van der Waals surface area contributed by atoms with E-state index in [1.165, 1.54) is 0 Å². The lowest BCUT2D eigenvalue weighted by atomic mass is 10.2. The minimum atomic E-state index is -0.00320. The summed E-state index contributed by atoms with van der Waals surface area (Å²) in [6.45, 7) is 0.624. The number of hydrogen-bond acceptors (Lipinski definition) is 4. The summed E-state index contributed by atoms with van der Waals surface area (Å²) in [5, 5.41) is 12.5. The van der Waals surface area contributed by atoms with E-state index in [4.69, 9.17) is 4.74 Å². The van der Waals surface area contributed by atoms with E-state index in [2.05, 4.69) is 10.3 Å². The number of pyridine rings is 1. The molecule has 4 nitrogen and oxygen atoms in total. The Labute approximate surface area is 106 Å². The van der Waals surface area contributed by atoms with Crippen LogP contribution in [-0.2, 0) is 13.2 Å². The second-order valence-corrected chi connectivity index (χ2v) is 3.86. The summed E-state index contributed by atoms with van der Waals surface area (Å²) < 4.78 is 5.29. The molecule has 1 aromatic carbocycles. The highest BCUT2D eigenvalue weighted by molar-refractivity contribution is 5.49. The van der Waals surface area contributed by atoms with E-state index < -0.39 is 0 Å². The van der Waals surface area contributed by atoms with Crippen LogP contribution in [0, 0.1) is 0 Å². The number of para-hydroxylation sites is 1. The van der Waals surface area contributed by atoms with Crippen molar-refractivity contribution < 1.29 is 9.84 Å². The zero-order valence-electron chi connectivity index (χ0n) is 10.3. The van der Waals surface area contributed by atoms with Gasteiger partial charge in [0.05, 0.1) is 25.6 Å². The van der Waals surface area contributed by atoms with E-state index in [1.54, 1.807) is 25.6 Å². The van der Waals surface area contributed by atoms with Gasteiger partial charge in [-0.25, -0.2) is 0 Å². The molecule has 0 unspecified atom stereocenters. The first-order valence-corrected chi connectivity index (χ1v) is 5.74. The van der Waals surface area contributed by atoms with Gasteiger partial charge in [0.2, 0.25) is 0 Å². The molecular weight excluding hydrogens is 228 g/mol. The topological polar surface area (TPSA) is 54.4 Å².